The quantitative estimate of drug-likeness (QED) is 0.572. The monoisotopic (exact) mass is 370 g/mol. The van der Waals surface area contributed by atoms with E-state index in [1.165, 1.54) is 0 Å². The number of amides is 1. The van der Waals surface area contributed by atoms with E-state index in [9.17, 15) is 4.79 Å². The van der Waals surface area contributed by atoms with Crippen molar-refractivity contribution in [2.75, 3.05) is 12.4 Å². The number of anilines is 1. The molecule has 1 N–H and O–H groups in total. The maximum absolute atomic E-state index is 12.8. The summed E-state index contributed by atoms with van der Waals surface area (Å²) in [6, 6.07) is 22.4. The molecule has 0 radical (unpaired) electrons. The van der Waals surface area contributed by atoms with E-state index < -0.39 is 0 Å². The van der Waals surface area contributed by atoms with Crippen molar-refractivity contribution in [3.8, 4) is 22.7 Å². The lowest BCUT2D eigenvalue weighted by atomic mass is 10.2. The predicted octanol–water partition coefficient (Wildman–Crippen LogP) is 4.20. The van der Waals surface area contributed by atoms with Gasteiger partial charge in [0.25, 0.3) is 5.91 Å². The zero-order valence-electron chi connectivity index (χ0n) is 15.2. The van der Waals surface area contributed by atoms with Crippen LogP contribution in [0.4, 0.5) is 5.69 Å². The number of aromatic nitrogens is 3. The molecule has 6 heteroatoms. The Bertz CT molecular complexity index is 1020. The number of benzene rings is 2. The minimum Gasteiger partial charge on any atom is -0.497 e. The third kappa shape index (κ3) is 3.61. The van der Waals surface area contributed by atoms with Crippen molar-refractivity contribution < 1.29 is 9.53 Å². The molecule has 2 aromatic heterocycles. The SMILES string of the molecule is COc1ccc(NC(=O)c2cc(-c3ccncc3)n(-c3ccccc3)n2)cc1. The van der Waals surface area contributed by atoms with Gasteiger partial charge in [-0.1, -0.05) is 18.2 Å². The first-order valence-electron chi connectivity index (χ1n) is 8.76. The Morgan fingerprint density at radius 2 is 1.68 bits per heavy atom. The second kappa shape index (κ2) is 7.75. The van der Waals surface area contributed by atoms with Gasteiger partial charge < -0.3 is 10.1 Å². The van der Waals surface area contributed by atoms with Crippen molar-refractivity contribution in [1.29, 1.82) is 0 Å². The van der Waals surface area contributed by atoms with Crippen molar-refractivity contribution in [2.45, 2.75) is 0 Å². The van der Waals surface area contributed by atoms with Crippen LogP contribution in [0.2, 0.25) is 0 Å². The van der Waals surface area contributed by atoms with Crippen LogP contribution in [-0.4, -0.2) is 27.8 Å². The Kier molecular flexibility index (Phi) is 4.84. The lowest BCUT2D eigenvalue weighted by Gasteiger charge is -2.07. The first-order valence-corrected chi connectivity index (χ1v) is 8.76. The molecule has 4 rings (SSSR count). The molecule has 6 nitrogen and oxygen atoms in total. The highest BCUT2D eigenvalue weighted by Crippen LogP contribution is 2.24. The number of hydrogen-bond donors (Lipinski definition) is 1. The normalized spacial score (nSPS) is 10.5. The summed E-state index contributed by atoms with van der Waals surface area (Å²) in [5.41, 5.74) is 3.61. The van der Waals surface area contributed by atoms with Gasteiger partial charge in [-0.15, -0.1) is 0 Å². The molecular formula is C22H18N4O2. The minimum atomic E-state index is -0.282. The van der Waals surface area contributed by atoms with Crippen molar-refractivity contribution in [2.24, 2.45) is 0 Å². The van der Waals surface area contributed by atoms with Crippen LogP contribution in [0.3, 0.4) is 0 Å². The number of methoxy groups -OCH3 is 1. The maximum Gasteiger partial charge on any atom is 0.276 e. The van der Waals surface area contributed by atoms with Crippen LogP contribution in [0.5, 0.6) is 5.75 Å². The van der Waals surface area contributed by atoms with Crippen LogP contribution < -0.4 is 10.1 Å². The number of carbonyl (C=O) groups excluding carboxylic acids is 1. The zero-order chi connectivity index (χ0) is 19.3. The lowest BCUT2D eigenvalue weighted by Crippen LogP contribution is -2.13. The Labute approximate surface area is 162 Å². The van der Waals surface area contributed by atoms with E-state index in [0.717, 1.165) is 22.7 Å². The van der Waals surface area contributed by atoms with Gasteiger partial charge >= 0.3 is 0 Å². The topological polar surface area (TPSA) is 69.0 Å². The fourth-order valence-electron chi connectivity index (χ4n) is 2.86. The fourth-order valence-corrected chi connectivity index (χ4v) is 2.86. The second-order valence-corrected chi connectivity index (χ2v) is 6.08. The molecule has 0 fully saturated rings. The Balaban J connectivity index is 1.69. The first kappa shape index (κ1) is 17.5. The molecule has 0 saturated carbocycles. The van der Waals surface area contributed by atoms with E-state index in [-0.39, 0.29) is 5.91 Å². The number of carbonyl (C=O) groups is 1. The number of pyridine rings is 1. The average Bonchev–Trinajstić information content (AvgIpc) is 3.21. The van der Waals surface area contributed by atoms with E-state index in [2.05, 4.69) is 15.4 Å². The molecule has 0 aliphatic rings. The summed E-state index contributed by atoms with van der Waals surface area (Å²) in [7, 11) is 1.60. The molecule has 28 heavy (non-hydrogen) atoms. The summed E-state index contributed by atoms with van der Waals surface area (Å²) in [5, 5.41) is 7.42. The van der Waals surface area contributed by atoms with Gasteiger partial charge in [-0.2, -0.15) is 5.10 Å². The number of rotatable bonds is 5. The molecule has 2 aromatic carbocycles. The molecular weight excluding hydrogens is 352 g/mol. The second-order valence-electron chi connectivity index (χ2n) is 6.08. The molecule has 1 amide bonds. The molecule has 0 unspecified atom stereocenters. The highest BCUT2D eigenvalue weighted by atomic mass is 16.5. The molecule has 138 valence electrons. The third-order valence-corrected chi connectivity index (χ3v) is 4.27. The highest BCUT2D eigenvalue weighted by Gasteiger charge is 2.17. The van der Waals surface area contributed by atoms with Gasteiger partial charge in [0.15, 0.2) is 5.69 Å². The third-order valence-electron chi connectivity index (χ3n) is 4.27. The summed E-state index contributed by atoms with van der Waals surface area (Å²) in [4.78, 5) is 16.8. The molecule has 0 aliphatic heterocycles. The van der Waals surface area contributed by atoms with E-state index in [1.807, 2.05) is 42.5 Å². The fraction of sp³-hybridized carbons (Fsp3) is 0.0455. The van der Waals surface area contributed by atoms with E-state index in [0.29, 0.717) is 11.4 Å². The first-order chi connectivity index (χ1) is 13.7. The van der Waals surface area contributed by atoms with Crippen molar-refractivity contribution >= 4 is 11.6 Å². The van der Waals surface area contributed by atoms with Crippen LogP contribution in [0, 0.1) is 0 Å². The van der Waals surface area contributed by atoms with E-state index in [4.69, 9.17) is 4.74 Å². The zero-order valence-corrected chi connectivity index (χ0v) is 15.2. The molecule has 0 bridgehead atoms. The predicted molar refractivity (Wildman–Crippen MR) is 108 cm³/mol. The van der Waals surface area contributed by atoms with Gasteiger partial charge in [-0.05, 0) is 54.6 Å². The van der Waals surface area contributed by atoms with Crippen molar-refractivity contribution in [3.63, 3.8) is 0 Å². The molecule has 0 aliphatic carbocycles. The largest absolute Gasteiger partial charge is 0.497 e. The smallest absolute Gasteiger partial charge is 0.276 e. The number of nitrogens with zero attached hydrogens (tertiary/aromatic N) is 3. The molecule has 2 heterocycles. The molecule has 0 spiro atoms. The van der Waals surface area contributed by atoms with Gasteiger partial charge in [0.1, 0.15) is 5.75 Å². The molecule has 0 saturated heterocycles. The Morgan fingerprint density at radius 3 is 2.36 bits per heavy atom. The van der Waals surface area contributed by atoms with Crippen LogP contribution >= 0.6 is 0 Å². The molecule has 0 atom stereocenters. The van der Waals surface area contributed by atoms with Gasteiger partial charge in [-0.3, -0.25) is 9.78 Å². The van der Waals surface area contributed by atoms with Crippen LogP contribution in [0.1, 0.15) is 10.5 Å². The van der Waals surface area contributed by atoms with Crippen molar-refractivity contribution in [1.82, 2.24) is 14.8 Å². The minimum absolute atomic E-state index is 0.282. The maximum atomic E-state index is 12.8. The van der Waals surface area contributed by atoms with Crippen LogP contribution in [0.15, 0.2) is 85.2 Å². The average molecular weight is 370 g/mol. The lowest BCUT2D eigenvalue weighted by molar-refractivity contribution is 0.102. The van der Waals surface area contributed by atoms with E-state index in [1.54, 1.807) is 54.5 Å². The van der Waals surface area contributed by atoms with Gasteiger partial charge in [0.2, 0.25) is 0 Å². The van der Waals surface area contributed by atoms with E-state index >= 15 is 0 Å². The summed E-state index contributed by atoms with van der Waals surface area (Å²) in [6.45, 7) is 0. The summed E-state index contributed by atoms with van der Waals surface area (Å²) in [5.74, 6) is 0.446. The number of hydrogen-bond acceptors (Lipinski definition) is 4. The van der Waals surface area contributed by atoms with Gasteiger partial charge in [-0.25, -0.2) is 4.68 Å². The summed E-state index contributed by atoms with van der Waals surface area (Å²) >= 11 is 0. The van der Waals surface area contributed by atoms with Crippen molar-refractivity contribution in [3.05, 3.63) is 90.9 Å². The number of para-hydroxylation sites is 1. The van der Waals surface area contributed by atoms with Crippen LogP contribution in [0.25, 0.3) is 16.9 Å². The Hall–Kier alpha value is -3.93. The Morgan fingerprint density at radius 1 is 0.964 bits per heavy atom. The van der Waals surface area contributed by atoms with Gasteiger partial charge in [0.05, 0.1) is 18.5 Å². The number of ether oxygens (including phenoxy) is 1. The summed E-state index contributed by atoms with van der Waals surface area (Å²) in [6.07, 6.45) is 3.43. The highest BCUT2D eigenvalue weighted by molar-refractivity contribution is 6.03. The van der Waals surface area contributed by atoms with Crippen LogP contribution in [-0.2, 0) is 0 Å². The standard InChI is InChI=1S/C22H18N4O2/c1-28-19-9-7-17(8-10-19)24-22(27)20-15-21(16-11-13-23-14-12-16)26(25-20)18-5-3-2-4-6-18/h2-15H,1H3,(H,24,27). The van der Waals surface area contributed by atoms with Gasteiger partial charge in [0, 0.05) is 23.6 Å². The molecule has 4 aromatic rings. The number of nitrogens with one attached hydrogen (secondary N) is 1. The summed E-state index contributed by atoms with van der Waals surface area (Å²) < 4.78 is 6.90.